The predicted octanol–water partition coefficient (Wildman–Crippen LogP) is 3.55. The van der Waals surface area contributed by atoms with Crippen LogP contribution in [0.25, 0.3) is 0 Å². The van der Waals surface area contributed by atoms with Crippen molar-refractivity contribution in [3.8, 4) is 17.6 Å². The molecule has 0 atom stereocenters. The number of aromatic nitrogens is 2. The van der Waals surface area contributed by atoms with E-state index in [1.807, 2.05) is 4.98 Å². The van der Waals surface area contributed by atoms with E-state index in [0.29, 0.717) is 10.8 Å². The van der Waals surface area contributed by atoms with Gasteiger partial charge in [0.2, 0.25) is 5.75 Å². The molecule has 10 heteroatoms. The number of nitrogens with one attached hydrogen (secondary N) is 1. The average molecular weight is 392 g/mol. The minimum Gasteiger partial charge on any atom is -0.449 e. The first-order chi connectivity index (χ1) is 10.8. The largest absolute Gasteiger partial charge is 0.449 e. The monoisotopic (exact) mass is 391 g/mol. The third kappa shape index (κ3) is 3.50. The van der Waals surface area contributed by atoms with Gasteiger partial charge in [-0.05, 0) is 18.2 Å². The highest BCUT2D eigenvalue weighted by atomic mass is 79.9. The van der Waals surface area contributed by atoms with Crippen molar-refractivity contribution < 1.29 is 22.3 Å². The number of H-pyrrole nitrogens is 1. The van der Waals surface area contributed by atoms with Gasteiger partial charge in [-0.2, -0.15) is 14.0 Å². The van der Waals surface area contributed by atoms with Gasteiger partial charge in [0.05, 0.1) is 18.0 Å². The van der Waals surface area contributed by atoms with E-state index >= 15 is 0 Å². The first-order valence-electron chi connectivity index (χ1n) is 5.88. The molecule has 0 fully saturated rings. The second kappa shape index (κ2) is 6.37. The molecular formula is C13H6BrF4N3O2. The molecule has 1 aromatic heterocycles. The van der Waals surface area contributed by atoms with Crippen LogP contribution in [-0.2, 0) is 5.92 Å². The van der Waals surface area contributed by atoms with Crippen LogP contribution in [0, 0.1) is 11.3 Å². The maximum absolute atomic E-state index is 13.5. The van der Waals surface area contributed by atoms with Crippen LogP contribution in [0.3, 0.4) is 0 Å². The molecule has 0 saturated heterocycles. The molecule has 0 unspecified atom stereocenters. The highest BCUT2D eigenvalue weighted by Crippen LogP contribution is 2.38. The lowest BCUT2D eigenvalue weighted by atomic mass is 10.2. The SMILES string of the molecule is N#Cc1cc(Br)cc(Oc2c(C(F)(F)C(F)F)nc[nH]c2=O)c1. The molecular weight excluding hydrogens is 386 g/mol. The molecule has 2 aromatic rings. The number of ether oxygens (including phenoxy) is 1. The minimum absolute atomic E-state index is 0.108. The predicted molar refractivity (Wildman–Crippen MR) is 73.7 cm³/mol. The van der Waals surface area contributed by atoms with Crippen molar-refractivity contribution in [2.75, 3.05) is 0 Å². The summed E-state index contributed by atoms with van der Waals surface area (Å²) in [6, 6.07) is 5.63. The second-order valence-corrected chi connectivity index (χ2v) is 5.14. The molecule has 2 rings (SSSR count). The summed E-state index contributed by atoms with van der Waals surface area (Å²) in [6.07, 6.45) is -3.50. The Hall–Kier alpha value is -2.41. The first-order valence-corrected chi connectivity index (χ1v) is 6.67. The highest BCUT2D eigenvalue weighted by molar-refractivity contribution is 9.10. The molecule has 5 nitrogen and oxygen atoms in total. The standard InChI is InChI=1S/C13H6BrF4N3O2/c14-7-1-6(4-19)2-8(3-7)23-9-10(13(17,18)12(15)16)20-5-21-11(9)22/h1-3,5,12H,(H,20,21,22). The number of nitriles is 1. The molecule has 0 radical (unpaired) electrons. The van der Waals surface area contributed by atoms with Crippen molar-refractivity contribution in [2.24, 2.45) is 0 Å². The van der Waals surface area contributed by atoms with Crippen LogP contribution in [0.2, 0.25) is 0 Å². The number of halogens is 5. The zero-order chi connectivity index (χ0) is 17.2. The van der Waals surface area contributed by atoms with E-state index in [0.717, 1.165) is 6.07 Å². The Labute approximate surface area is 134 Å². The van der Waals surface area contributed by atoms with Crippen LogP contribution in [0.1, 0.15) is 11.3 Å². The smallest absolute Gasteiger partial charge is 0.352 e. The van der Waals surface area contributed by atoms with Gasteiger partial charge in [-0.15, -0.1) is 0 Å². The van der Waals surface area contributed by atoms with Gasteiger partial charge in [0, 0.05) is 4.47 Å². The molecule has 1 aromatic carbocycles. The van der Waals surface area contributed by atoms with E-state index < -0.39 is 29.4 Å². The summed E-state index contributed by atoms with van der Waals surface area (Å²) >= 11 is 3.07. The summed E-state index contributed by atoms with van der Waals surface area (Å²) in [5.74, 6) is -5.91. The third-order valence-electron chi connectivity index (χ3n) is 2.62. The first kappa shape index (κ1) is 17.0. The van der Waals surface area contributed by atoms with Crippen LogP contribution in [0.4, 0.5) is 17.6 Å². The molecule has 0 aliphatic rings. The van der Waals surface area contributed by atoms with Crippen molar-refractivity contribution in [3.63, 3.8) is 0 Å². The summed E-state index contributed by atoms with van der Waals surface area (Å²) < 4.78 is 57.5. The number of hydrogen-bond acceptors (Lipinski definition) is 4. The zero-order valence-corrected chi connectivity index (χ0v) is 12.6. The Bertz CT molecular complexity index is 833. The Balaban J connectivity index is 2.55. The van der Waals surface area contributed by atoms with E-state index in [2.05, 4.69) is 20.9 Å². The molecule has 120 valence electrons. The van der Waals surface area contributed by atoms with Crippen molar-refractivity contribution in [1.29, 1.82) is 5.26 Å². The molecule has 1 heterocycles. The molecule has 0 amide bonds. The number of nitrogens with zero attached hydrogens (tertiary/aromatic N) is 2. The van der Waals surface area contributed by atoms with E-state index in [-0.39, 0.29) is 11.3 Å². The van der Waals surface area contributed by atoms with E-state index in [9.17, 15) is 22.4 Å². The number of benzene rings is 1. The molecule has 0 saturated carbocycles. The summed E-state index contributed by atoms with van der Waals surface area (Å²) in [6.45, 7) is 0. The Kier molecular flexibility index (Phi) is 4.70. The van der Waals surface area contributed by atoms with Crippen molar-refractivity contribution in [2.45, 2.75) is 12.3 Å². The van der Waals surface area contributed by atoms with Crippen LogP contribution >= 0.6 is 15.9 Å². The van der Waals surface area contributed by atoms with Gasteiger partial charge in [0.15, 0.2) is 5.69 Å². The zero-order valence-electron chi connectivity index (χ0n) is 11.0. The lowest BCUT2D eigenvalue weighted by Crippen LogP contribution is -2.28. The molecule has 0 aliphatic carbocycles. The van der Waals surface area contributed by atoms with E-state index in [1.165, 1.54) is 12.1 Å². The summed E-state index contributed by atoms with van der Waals surface area (Å²) in [5.41, 5.74) is -2.54. The Morgan fingerprint density at radius 3 is 2.65 bits per heavy atom. The summed E-state index contributed by atoms with van der Waals surface area (Å²) in [7, 11) is 0. The van der Waals surface area contributed by atoms with Gasteiger partial charge in [0.1, 0.15) is 5.75 Å². The van der Waals surface area contributed by atoms with Crippen molar-refractivity contribution in [1.82, 2.24) is 9.97 Å². The minimum atomic E-state index is -4.67. The fraction of sp³-hybridized carbons (Fsp3) is 0.154. The number of alkyl halides is 4. The topological polar surface area (TPSA) is 78.8 Å². The fourth-order valence-electron chi connectivity index (χ4n) is 1.63. The highest BCUT2D eigenvalue weighted by Gasteiger charge is 2.47. The lowest BCUT2D eigenvalue weighted by molar-refractivity contribution is -0.139. The third-order valence-corrected chi connectivity index (χ3v) is 3.08. The number of aromatic amines is 1. The maximum Gasteiger partial charge on any atom is 0.352 e. The van der Waals surface area contributed by atoms with Crippen LogP contribution in [-0.4, -0.2) is 16.4 Å². The van der Waals surface area contributed by atoms with Gasteiger partial charge in [0.25, 0.3) is 5.56 Å². The van der Waals surface area contributed by atoms with Crippen molar-refractivity contribution in [3.05, 3.63) is 50.6 Å². The normalized spacial score (nSPS) is 11.3. The quantitative estimate of drug-likeness (QED) is 0.808. The molecule has 0 aliphatic heterocycles. The van der Waals surface area contributed by atoms with Crippen LogP contribution in [0.5, 0.6) is 11.5 Å². The molecule has 23 heavy (non-hydrogen) atoms. The van der Waals surface area contributed by atoms with E-state index in [1.54, 1.807) is 6.07 Å². The second-order valence-electron chi connectivity index (χ2n) is 4.22. The summed E-state index contributed by atoms with van der Waals surface area (Å²) in [5, 5.41) is 8.84. The number of rotatable bonds is 4. The van der Waals surface area contributed by atoms with Crippen LogP contribution < -0.4 is 10.3 Å². The van der Waals surface area contributed by atoms with Gasteiger partial charge >= 0.3 is 12.3 Å². The van der Waals surface area contributed by atoms with Crippen LogP contribution in [0.15, 0.2) is 33.8 Å². The van der Waals surface area contributed by atoms with E-state index in [4.69, 9.17) is 10.00 Å². The fourth-order valence-corrected chi connectivity index (χ4v) is 2.10. The Morgan fingerprint density at radius 1 is 1.35 bits per heavy atom. The Morgan fingerprint density at radius 2 is 2.04 bits per heavy atom. The van der Waals surface area contributed by atoms with Gasteiger partial charge < -0.3 is 9.72 Å². The number of hydrogen-bond donors (Lipinski definition) is 1. The molecule has 1 N–H and O–H groups in total. The van der Waals surface area contributed by atoms with Gasteiger partial charge in [-0.25, -0.2) is 13.8 Å². The molecule has 0 bridgehead atoms. The van der Waals surface area contributed by atoms with Gasteiger partial charge in [-0.1, -0.05) is 15.9 Å². The average Bonchev–Trinajstić information content (AvgIpc) is 2.48. The van der Waals surface area contributed by atoms with Gasteiger partial charge in [-0.3, -0.25) is 4.79 Å². The lowest BCUT2D eigenvalue weighted by Gasteiger charge is -2.17. The molecule has 0 spiro atoms. The van der Waals surface area contributed by atoms with Crippen molar-refractivity contribution >= 4 is 15.9 Å². The summed E-state index contributed by atoms with van der Waals surface area (Å²) in [4.78, 5) is 16.8. The maximum atomic E-state index is 13.5.